The minimum atomic E-state index is 0.407. The van der Waals surface area contributed by atoms with Gasteiger partial charge < -0.3 is 5.32 Å². The van der Waals surface area contributed by atoms with E-state index in [0.29, 0.717) is 12.0 Å². The number of aryl methyl sites for hydroxylation is 1. The van der Waals surface area contributed by atoms with E-state index in [4.69, 9.17) is 11.6 Å². The third-order valence-electron chi connectivity index (χ3n) is 5.29. The summed E-state index contributed by atoms with van der Waals surface area (Å²) in [6, 6.07) is 17.7. The summed E-state index contributed by atoms with van der Waals surface area (Å²) in [6.45, 7) is 0. The van der Waals surface area contributed by atoms with E-state index in [1.807, 2.05) is 6.07 Å². The molecule has 1 N–H and O–H groups in total. The number of benzene rings is 2. The number of rotatable bonds is 3. The monoisotopic (exact) mass is 297 g/mol. The van der Waals surface area contributed by atoms with Gasteiger partial charge in [-0.3, -0.25) is 0 Å². The molecule has 108 valence electrons. The van der Waals surface area contributed by atoms with Crippen molar-refractivity contribution in [2.45, 2.75) is 24.8 Å². The third kappa shape index (κ3) is 2.20. The molecule has 1 nitrogen and oxygen atoms in total. The maximum Gasteiger partial charge on any atom is 0.0409 e. The highest BCUT2D eigenvalue weighted by molar-refractivity contribution is 6.30. The molecule has 1 fully saturated rings. The van der Waals surface area contributed by atoms with E-state index < -0.39 is 0 Å². The van der Waals surface area contributed by atoms with Crippen molar-refractivity contribution in [3.05, 3.63) is 70.2 Å². The summed E-state index contributed by atoms with van der Waals surface area (Å²) < 4.78 is 0. The van der Waals surface area contributed by atoms with Crippen LogP contribution in [0.1, 0.15) is 35.1 Å². The zero-order valence-corrected chi connectivity index (χ0v) is 13.0. The second kappa shape index (κ2) is 5.15. The van der Waals surface area contributed by atoms with Crippen LogP contribution in [-0.2, 0) is 6.42 Å². The molecule has 2 aromatic carbocycles. The quantitative estimate of drug-likeness (QED) is 0.874. The Labute approximate surface area is 131 Å². The Kier molecular flexibility index (Phi) is 3.28. The predicted molar refractivity (Wildman–Crippen MR) is 87.7 cm³/mol. The topological polar surface area (TPSA) is 12.0 Å². The van der Waals surface area contributed by atoms with Crippen molar-refractivity contribution in [1.82, 2.24) is 5.32 Å². The first kappa shape index (κ1) is 13.4. The first-order chi connectivity index (χ1) is 10.3. The van der Waals surface area contributed by atoms with Crippen molar-refractivity contribution < 1.29 is 0 Å². The molecule has 2 aliphatic rings. The third-order valence-corrected chi connectivity index (χ3v) is 5.53. The molecule has 0 aromatic heterocycles. The summed E-state index contributed by atoms with van der Waals surface area (Å²) in [7, 11) is 2.07. The van der Waals surface area contributed by atoms with Gasteiger partial charge in [0.15, 0.2) is 0 Å². The number of hydrogen-bond donors (Lipinski definition) is 1. The van der Waals surface area contributed by atoms with E-state index in [2.05, 4.69) is 54.8 Å². The van der Waals surface area contributed by atoms with E-state index in [1.54, 1.807) is 11.1 Å². The largest absolute Gasteiger partial charge is 0.313 e. The van der Waals surface area contributed by atoms with E-state index in [9.17, 15) is 0 Å². The summed E-state index contributed by atoms with van der Waals surface area (Å²) >= 11 is 6.18. The maximum atomic E-state index is 6.18. The fourth-order valence-corrected chi connectivity index (χ4v) is 4.55. The molecule has 0 bridgehead atoms. The van der Waals surface area contributed by atoms with Crippen molar-refractivity contribution in [2.24, 2.45) is 11.8 Å². The Morgan fingerprint density at radius 1 is 1.14 bits per heavy atom. The molecular formula is C19H20ClN. The minimum absolute atomic E-state index is 0.407. The molecule has 2 heteroatoms. The summed E-state index contributed by atoms with van der Waals surface area (Å²) in [4.78, 5) is 0. The van der Waals surface area contributed by atoms with Crippen molar-refractivity contribution in [2.75, 3.05) is 7.05 Å². The van der Waals surface area contributed by atoms with Crippen molar-refractivity contribution in [3.63, 3.8) is 0 Å². The van der Waals surface area contributed by atoms with Crippen LogP contribution in [-0.4, -0.2) is 7.05 Å². The van der Waals surface area contributed by atoms with Crippen LogP contribution in [0.3, 0.4) is 0 Å². The van der Waals surface area contributed by atoms with Gasteiger partial charge in [0, 0.05) is 11.1 Å². The summed E-state index contributed by atoms with van der Waals surface area (Å²) in [5.41, 5.74) is 4.46. The maximum absolute atomic E-state index is 6.18. The Balaban J connectivity index is 1.66. The van der Waals surface area contributed by atoms with Crippen LogP contribution in [0.4, 0.5) is 0 Å². The molecule has 0 heterocycles. The van der Waals surface area contributed by atoms with Gasteiger partial charge in [0.25, 0.3) is 0 Å². The molecule has 4 atom stereocenters. The average molecular weight is 298 g/mol. The molecule has 2 aromatic rings. The molecule has 0 amide bonds. The van der Waals surface area contributed by atoms with Gasteiger partial charge in [-0.15, -0.1) is 0 Å². The molecule has 0 saturated heterocycles. The minimum Gasteiger partial charge on any atom is -0.313 e. The van der Waals surface area contributed by atoms with Crippen LogP contribution in [0, 0.1) is 11.8 Å². The van der Waals surface area contributed by atoms with Crippen LogP contribution in [0.2, 0.25) is 5.02 Å². The second-order valence-corrected chi connectivity index (χ2v) is 6.76. The van der Waals surface area contributed by atoms with Gasteiger partial charge in [-0.25, -0.2) is 0 Å². The van der Waals surface area contributed by atoms with Crippen molar-refractivity contribution >= 4 is 11.6 Å². The summed E-state index contributed by atoms with van der Waals surface area (Å²) in [6.07, 6.45) is 2.56. The van der Waals surface area contributed by atoms with Crippen LogP contribution >= 0.6 is 11.6 Å². The van der Waals surface area contributed by atoms with Crippen LogP contribution in [0.15, 0.2) is 48.5 Å². The predicted octanol–water partition coefficient (Wildman–Crippen LogP) is 4.58. The molecule has 0 spiro atoms. The van der Waals surface area contributed by atoms with Crippen LogP contribution in [0.5, 0.6) is 0 Å². The highest BCUT2D eigenvalue weighted by Gasteiger charge is 2.56. The molecule has 4 rings (SSSR count). The van der Waals surface area contributed by atoms with E-state index in [1.165, 1.54) is 18.4 Å². The fourth-order valence-electron chi connectivity index (χ4n) is 4.36. The molecule has 4 unspecified atom stereocenters. The highest BCUT2D eigenvalue weighted by atomic mass is 35.5. The summed E-state index contributed by atoms with van der Waals surface area (Å²) in [5, 5.41) is 4.37. The van der Waals surface area contributed by atoms with Gasteiger partial charge in [0.05, 0.1) is 0 Å². The van der Waals surface area contributed by atoms with Gasteiger partial charge in [-0.1, -0.05) is 48.0 Å². The van der Waals surface area contributed by atoms with E-state index >= 15 is 0 Å². The molecule has 21 heavy (non-hydrogen) atoms. The first-order valence-corrected chi connectivity index (χ1v) is 8.18. The lowest BCUT2D eigenvalue weighted by Gasteiger charge is -2.17. The van der Waals surface area contributed by atoms with Gasteiger partial charge in [-0.2, -0.15) is 0 Å². The lowest BCUT2D eigenvalue weighted by molar-refractivity contribution is 0.485. The summed E-state index contributed by atoms with van der Waals surface area (Å²) in [5.74, 6) is 2.26. The average Bonchev–Trinajstić information content (AvgIpc) is 3.23. The Morgan fingerprint density at radius 2 is 2.00 bits per heavy atom. The van der Waals surface area contributed by atoms with Gasteiger partial charge in [0.1, 0.15) is 0 Å². The van der Waals surface area contributed by atoms with Gasteiger partial charge in [0.2, 0.25) is 0 Å². The molecule has 1 saturated carbocycles. The number of hydrogen-bond acceptors (Lipinski definition) is 1. The standard InChI is InChI=1S/C19H20ClN/c1-21-19(13-6-4-7-14(20)11-13)18-16-10-9-12-5-2-3-8-15(12)17(16)18/h2-8,11,16-19,21H,9-10H2,1H3. The smallest absolute Gasteiger partial charge is 0.0409 e. The first-order valence-electron chi connectivity index (χ1n) is 7.80. The number of nitrogens with one attached hydrogen (secondary N) is 1. The number of halogens is 1. The zero-order valence-electron chi connectivity index (χ0n) is 12.2. The zero-order chi connectivity index (χ0) is 14.4. The molecular weight excluding hydrogens is 278 g/mol. The molecule has 0 radical (unpaired) electrons. The molecule has 0 aliphatic heterocycles. The SMILES string of the molecule is CNC(c1cccc(Cl)c1)C1C2CCc3ccccc3C21. The van der Waals surface area contributed by atoms with Crippen molar-refractivity contribution in [3.8, 4) is 0 Å². The Hall–Kier alpha value is -1.31. The lowest BCUT2D eigenvalue weighted by atomic mass is 9.92. The molecule has 2 aliphatic carbocycles. The fraction of sp³-hybridized carbons (Fsp3) is 0.368. The van der Waals surface area contributed by atoms with Crippen LogP contribution < -0.4 is 5.32 Å². The second-order valence-electron chi connectivity index (χ2n) is 6.33. The van der Waals surface area contributed by atoms with Crippen molar-refractivity contribution in [1.29, 1.82) is 0 Å². The Morgan fingerprint density at radius 3 is 2.81 bits per heavy atom. The normalized spacial score (nSPS) is 27.6. The van der Waals surface area contributed by atoms with E-state index in [0.717, 1.165) is 16.9 Å². The Bertz CT molecular complexity index is 666. The highest BCUT2D eigenvalue weighted by Crippen LogP contribution is 2.64. The van der Waals surface area contributed by atoms with Crippen LogP contribution in [0.25, 0.3) is 0 Å². The lowest BCUT2D eigenvalue weighted by Crippen LogP contribution is -2.19. The number of fused-ring (bicyclic) bond motifs is 3. The van der Waals surface area contributed by atoms with E-state index in [-0.39, 0.29) is 0 Å². The van der Waals surface area contributed by atoms with Gasteiger partial charge >= 0.3 is 0 Å². The van der Waals surface area contributed by atoms with Gasteiger partial charge in [-0.05, 0) is 66.5 Å².